The number of aromatic nitrogens is 1. The van der Waals surface area contributed by atoms with Crippen molar-refractivity contribution >= 4 is 10.9 Å². The van der Waals surface area contributed by atoms with Crippen LogP contribution in [0.4, 0.5) is 0 Å². The molecule has 0 aliphatic carbocycles. The summed E-state index contributed by atoms with van der Waals surface area (Å²) in [5.41, 5.74) is 10.1. The summed E-state index contributed by atoms with van der Waals surface area (Å²) in [5.74, 6) is 0. The molecule has 3 heteroatoms. The van der Waals surface area contributed by atoms with Crippen LogP contribution in [0.25, 0.3) is 10.9 Å². The van der Waals surface area contributed by atoms with Gasteiger partial charge in [-0.2, -0.15) is 0 Å². The number of aryl methyl sites for hydroxylation is 1. The van der Waals surface area contributed by atoms with Crippen LogP contribution in [-0.2, 0) is 19.5 Å². The van der Waals surface area contributed by atoms with E-state index in [-0.39, 0.29) is 0 Å². The number of nitrogens with zero attached hydrogens (tertiary/aromatic N) is 2. The first-order valence-electron chi connectivity index (χ1n) is 6.79. The third-order valence-electron chi connectivity index (χ3n) is 3.94. The van der Waals surface area contributed by atoms with Gasteiger partial charge in [0.05, 0.1) is 0 Å². The largest absolute Gasteiger partial charge is 0.344 e. The van der Waals surface area contributed by atoms with Crippen molar-refractivity contribution in [1.82, 2.24) is 9.47 Å². The Labute approximate surface area is 108 Å². The van der Waals surface area contributed by atoms with Crippen molar-refractivity contribution in [3.05, 3.63) is 35.5 Å². The molecule has 0 unspecified atom stereocenters. The van der Waals surface area contributed by atoms with Crippen LogP contribution >= 0.6 is 0 Å². The van der Waals surface area contributed by atoms with E-state index < -0.39 is 0 Å². The molecule has 0 saturated carbocycles. The van der Waals surface area contributed by atoms with Crippen LogP contribution in [0.5, 0.6) is 0 Å². The second kappa shape index (κ2) is 4.75. The van der Waals surface area contributed by atoms with Crippen LogP contribution in [0.3, 0.4) is 0 Å². The second-order valence-corrected chi connectivity index (χ2v) is 5.22. The molecule has 1 aliphatic rings. The Morgan fingerprint density at radius 2 is 2.11 bits per heavy atom. The van der Waals surface area contributed by atoms with Gasteiger partial charge in [-0.3, -0.25) is 0 Å². The molecule has 3 nitrogen and oxygen atoms in total. The van der Waals surface area contributed by atoms with Crippen molar-refractivity contribution in [3.63, 3.8) is 0 Å². The van der Waals surface area contributed by atoms with E-state index in [1.54, 1.807) is 0 Å². The standard InChI is InChI=1S/C15H21N3/c1-17-10-7-15-13(11-17)12-5-2-3-6-14(12)18(15)9-4-8-16/h2-3,5-6H,4,7-11,16H2,1H3. The first-order chi connectivity index (χ1) is 8.81. The quantitative estimate of drug-likeness (QED) is 0.894. The third-order valence-corrected chi connectivity index (χ3v) is 3.94. The van der Waals surface area contributed by atoms with E-state index >= 15 is 0 Å². The van der Waals surface area contributed by atoms with Crippen molar-refractivity contribution in [2.45, 2.75) is 25.9 Å². The van der Waals surface area contributed by atoms with E-state index in [2.05, 4.69) is 40.8 Å². The van der Waals surface area contributed by atoms with Crippen LogP contribution in [0.2, 0.25) is 0 Å². The van der Waals surface area contributed by atoms with E-state index in [0.29, 0.717) is 0 Å². The zero-order valence-corrected chi connectivity index (χ0v) is 11.0. The van der Waals surface area contributed by atoms with Gasteiger partial charge in [0.25, 0.3) is 0 Å². The van der Waals surface area contributed by atoms with E-state index in [0.717, 1.165) is 39.0 Å². The third kappa shape index (κ3) is 1.84. The van der Waals surface area contributed by atoms with Crippen LogP contribution in [0.15, 0.2) is 24.3 Å². The molecular formula is C15H21N3. The lowest BCUT2D eigenvalue weighted by Gasteiger charge is -2.24. The fourth-order valence-corrected chi connectivity index (χ4v) is 3.04. The summed E-state index contributed by atoms with van der Waals surface area (Å²) in [5, 5.41) is 1.43. The Hall–Kier alpha value is -1.32. The summed E-state index contributed by atoms with van der Waals surface area (Å²) < 4.78 is 2.49. The summed E-state index contributed by atoms with van der Waals surface area (Å²) >= 11 is 0. The molecule has 2 aromatic rings. The number of likely N-dealkylation sites (N-methyl/N-ethyl adjacent to an activating group) is 1. The number of hydrogen-bond donors (Lipinski definition) is 1. The molecule has 2 heterocycles. The van der Waals surface area contributed by atoms with Gasteiger partial charge in [-0.15, -0.1) is 0 Å². The molecule has 1 aromatic heterocycles. The summed E-state index contributed by atoms with van der Waals surface area (Å²) in [6.07, 6.45) is 2.21. The van der Waals surface area contributed by atoms with Crippen LogP contribution < -0.4 is 5.73 Å². The molecule has 0 spiro atoms. The zero-order valence-electron chi connectivity index (χ0n) is 11.0. The maximum absolute atomic E-state index is 5.67. The highest BCUT2D eigenvalue weighted by Crippen LogP contribution is 2.30. The van der Waals surface area contributed by atoms with Gasteiger partial charge in [0.2, 0.25) is 0 Å². The van der Waals surface area contributed by atoms with E-state index in [1.165, 1.54) is 22.2 Å². The Kier molecular flexibility index (Phi) is 3.10. The SMILES string of the molecule is CN1CCc2c(c3ccccc3n2CCCN)C1. The number of nitrogens with two attached hydrogens (primary N) is 1. The summed E-state index contributed by atoms with van der Waals surface area (Å²) in [7, 11) is 2.20. The van der Waals surface area contributed by atoms with Crippen molar-refractivity contribution in [1.29, 1.82) is 0 Å². The van der Waals surface area contributed by atoms with E-state index in [4.69, 9.17) is 5.73 Å². The summed E-state index contributed by atoms with van der Waals surface area (Å²) in [4.78, 5) is 2.40. The first-order valence-corrected chi connectivity index (χ1v) is 6.79. The molecule has 2 N–H and O–H groups in total. The Morgan fingerprint density at radius 1 is 1.28 bits per heavy atom. The Bertz CT molecular complexity index is 556. The predicted octanol–water partition coefficient (Wildman–Crippen LogP) is 1.98. The second-order valence-electron chi connectivity index (χ2n) is 5.22. The minimum atomic E-state index is 0.765. The molecule has 0 atom stereocenters. The molecule has 96 valence electrons. The number of fused-ring (bicyclic) bond motifs is 3. The average molecular weight is 243 g/mol. The Balaban J connectivity index is 2.15. The van der Waals surface area contributed by atoms with Gasteiger partial charge >= 0.3 is 0 Å². The van der Waals surface area contributed by atoms with Gasteiger partial charge in [0, 0.05) is 42.7 Å². The van der Waals surface area contributed by atoms with Crippen LogP contribution in [0.1, 0.15) is 17.7 Å². The monoisotopic (exact) mass is 243 g/mol. The minimum Gasteiger partial charge on any atom is -0.344 e. The minimum absolute atomic E-state index is 0.765. The van der Waals surface area contributed by atoms with E-state index in [9.17, 15) is 0 Å². The molecule has 0 amide bonds. The van der Waals surface area contributed by atoms with Crippen molar-refractivity contribution < 1.29 is 0 Å². The van der Waals surface area contributed by atoms with Gasteiger partial charge in [-0.05, 0) is 31.6 Å². The molecule has 1 aliphatic heterocycles. The van der Waals surface area contributed by atoms with Gasteiger partial charge in [-0.25, -0.2) is 0 Å². The fourth-order valence-electron chi connectivity index (χ4n) is 3.04. The number of rotatable bonds is 3. The van der Waals surface area contributed by atoms with E-state index in [1.807, 2.05) is 0 Å². The topological polar surface area (TPSA) is 34.2 Å². The molecule has 1 aromatic carbocycles. The zero-order chi connectivity index (χ0) is 12.5. The van der Waals surface area contributed by atoms with Crippen molar-refractivity contribution in [3.8, 4) is 0 Å². The van der Waals surface area contributed by atoms with Crippen LogP contribution in [-0.4, -0.2) is 29.6 Å². The molecule has 0 fully saturated rings. The fraction of sp³-hybridized carbons (Fsp3) is 0.467. The van der Waals surface area contributed by atoms with Gasteiger partial charge in [-0.1, -0.05) is 18.2 Å². The van der Waals surface area contributed by atoms with Crippen LogP contribution in [0, 0.1) is 0 Å². The maximum Gasteiger partial charge on any atom is 0.0485 e. The lowest BCUT2D eigenvalue weighted by Crippen LogP contribution is -2.27. The smallest absolute Gasteiger partial charge is 0.0485 e. The highest BCUT2D eigenvalue weighted by atomic mass is 15.1. The van der Waals surface area contributed by atoms with Crippen molar-refractivity contribution in [2.24, 2.45) is 5.73 Å². The summed E-state index contributed by atoms with van der Waals surface area (Å²) in [6, 6.07) is 8.78. The number of para-hydroxylation sites is 1. The predicted molar refractivity (Wildman–Crippen MR) is 75.6 cm³/mol. The lowest BCUT2D eigenvalue weighted by atomic mass is 10.1. The number of hydrogen-bond acceptors (Lipinski definition) is 2. The molecular weight excluding hydrogens is 222 g/mol. The van der Waals surface area contributed by atoms with Gasteiger partial charge < -0.3 is 15.2 Å². The maximum atomic E-state index is 5.67. The number of benzene rings is 1. The van der Waals surface area contributed by atoms with Gasteiger partial charge in [0.15, 0.2) is 0 Å². The molecule has 0 radical (unpaired) electrons. The molecule has 18 heavy (non-hydrogen) atoms. The average Bonchev–Trinajstić information content (AvgIpc) is 2.70. The summed E-state index contributed by atoms with van der Waals surface area (Å²) in [6.45, 7) is 4.05. The highest BCUT2D eigenvalue weighted by molar-refractivity contribution is 5.85. The molecule has 3 rings (SSSR count). The molecule has 0 saturated heterocycles. The lowest BCUT2D eigenvalue weighted by molar-refractivity contribution is 0.309. The molecule has 0 bridgehead atoms. The first kappa shape index (κ1) is 11.8. The Morgan fingerprint density at radius 3 is 2.94 bits per heavy atom. The van der Waals surface area contributed by atoms with Gasteiger partial charge in [0.1, 0.15) is 0 Å². The van der Waals surface area contributed by atoms with Crippen molar-refractivity contribution in [2.75, 3.05) is 20.1 Å². The highest BCUT2D eigenvalue weighted by Gasteiger charge is 2.21. The normalized spacial score (nSPS) is 16.1.